The van der Waals surface area contributed by atoms with Crippen molar-refractivity contribution < 1.29 is 9.18 Å². The average Bonchev–Trinajstić information content (AvgIpc) is 2.89. The van der Waals surface area contributed by atoms with Crippen LogP contribution in [0.4, 0.5) is 10.1 Å². The fourth-order valence-corrected chi connectivity index (χ4v) is 2.02. The number of pyridine rings is 1. The maximum Gasteiger partial charge on any atom is 0.228 e. The molecule has 0 radical (unpaired) electrons. The quantitative estimate of drug-likeness (QED) is 0.794. The molecule has 1 amide bonds. The van der Waals surface area contributed by atoms with Crippen LogP contribution in [0.3, 0.4) is 0 Å². The van der Waals surface area contributed by atoms with Gasteiger partial charge in [0.25, 0.3) is 0 Å². The van der Waals surface area contributed by atoms with Gasteiger partial charge in [0, 0.05) is 18.1 Å². The number of nitrogens with zero attached hydrogens (tertiary/aromatic N) is 2. The number of aromatic nitrogens is 2. The Hall–Kier alpha value is -2.69. The summed E-state index contributed by atoms with van der Waals surface area (Å²) >= 11 is 0. The summed E-state index contributed by atoms with van der Waals surface area (Å²) in [4.78, 5) is 11.9. The van der Waals surface area contributed by atoms with Crippen molar-refractivity contribution in [1.82, 2.24) is 9.61 Å². The van der Waals surface area contributed by atoms with E-state index in [9.17, 15) is 9.18 Å². The lowest BCUT2D eigenvalue weighted by atomic mass is 10.1. The zero-order valence-electron chi connectivity index (χ0n) is 10.6. The van der Waals surface area contributed by atoms with Crippen molar-refractivity contribution in [2.75, 3.05) is 5.32 Å². The SMILES string of the molecule is O=C(Cc1ccccc1F)Nc1ccn2nccc2c1. The van der Waals surface area contributed by atoms with Gasteiger partial charge in [-0.05, 0) is 29.8 Å². The molecule has 3 rings (SSSR count). The molecule has 2 heterocycles. The van der Waals surface area contributed by atoms with Crippen molar-refractivity contribution >= 4 is 17.1 Å². The van der Waals surface area contributed by atoms with Crippen LogP contribution >= 0.6 is 0 Å². The minimum absolute atomic E-state index is 0.0110. The highest BCUT2D eigenvalue weighted by Crippen LogP contribution is 2.13. The van der Waals surface area contributed by atoms with E-state index in [-0.39, 0.29) is 18.1 Å². The summed E-state index contributed by atoms with van der Waals surface area (Å²) in [7, 11) is 0. The van der Waals surface area contributed by atoms with E-state index in [0.717, 1.165) is 5.52 Å². The summed E-state index contributed by atoms with van der Waals surface area (Å²) in [5.41, 5.74) is 1.93. The largest absolute Gasteiger partial charge is 0.326 e. The van der Waals surface area contributed by atoms with Gasteiger partial charge in [-0.1, -0.05) is 18.2 Å². The van der Waals surface area contributed by atoms with Gasteiger partial charge in [0.1, 0.15) is 5.82 Å². The Morgan fingerprint density at radius 3 is 2.95 bits per heavy atom. The van der Waals surface area contributed by atoms with Crippen LogP contribution in [0.2, 0.25) is 0 Å². The first-order valence-electron chi connectivity index (χ1n) is 6.19. The molecule has 20 heavy (non-hydrogen) atoms. The fourth-order valence-electron chi connectivity index (χ4n) is 2.02. The van der Waals surface area contributed by atoms with E-state index in [1.807, 2.05) is 12.1 Å². The number of amides is 1. The first-order chi connectivity index (χ1) is 9.72. The molecule has 100 valence electrons. The molecule has 0 atom stereocenters. The Kier molecular flexibility index (Phi) is 3.16. The van der Waals surface area contributed by atoms with Crippen molar-refractivity contribution in [2.45, 2.75) is 6.42 Å². The first kappa shape index (κ1) is 12.3. The van der Waals surface area contributed by atoms with Crippen LogP contribution in [0.5, 0.6) is 0 Å². The number of carbonyl (C=O) groups is 1. The van der Waals surface area contributed by atoms with Crippen LogP contribution in [0, 0.1) is 5.82 Å². The number of anilines is 1. The average molecular weight is 269 g/mol. The maximum absolute atomic E-state index is 13.5. The van der Waals surface area contributed by atoms with Crippen molar-refractivity contribution in [2.24, 2.45) is 0 Å². The topological polar surface area (TPSA) is 46.4 Å². The highest BCUT2D eigenvalue weighted by Gasteiger charge is 2.08. The van der Waals surface area contributed by atoms with E-state index in [1.165, 1.54) is 6.07 Å². The van der Waals surface area contributed by atoms with Gasteiger partial charge in [0.2, 0.25) is 5.91 Å². The second-order valence-electron chi connectivity index (χ2n) is 4.43. The summed E-state index contributed by atoms with van der Waals surface area (Å²) in [5.74, 6) is -0.618. The van der Waals surface area contributed by atoms with Gasteiger partial charge in [-0.3, -0.25) is 4.79 Å². The van der Waals surface area contributed by atoms with Gasteiger partial charge in [0.15, 0.2) is 0 Å². The van der Waals surface area contributed by atoms with Gasteiger partial charge in [-0.2, -0.15) is 5.10 Å². The third-order valence-corrected chi connectivity index (χ3v) is 2.99. The van der Waals surface area contributed by atoms with E-state index in [1.54, 1.807) is 41.2 Å². The zero-order chi connectivity index (χ0) is 13.9. The molecule has 2 aromatic heterocycles. The number of rotatable bonds is 3. The van der Waals surface area contributed by atoms with Gasteiger partial charge in [-0.15, -0.1) is 0 Å². The number of fused-ring (bicyclic) bond motifs is 1. The van der Waals surface area contributed by atoms with E-state index in [4.69, 9.17) is 0 Å². The summed E-state index contributed by atoms with van der Waals surface area (Å²) in [6, 6.07) is 11.7. The fraction of sp³-hybridized carbons (Fsp3) is 0.0667. The second-order valence-corrected chi connectivity index (χ2v) is 4.43. The molecule has 0 aliphatic heterocycles. The predicted molar refractivity (Wildman–Crippen MR) is 73.9 cm³/mol. The summed E-state index contributed by atoms with van der Waals surface area (Å²) in [6.45, 7) is 0. The number of carbonyl (C=O) groups excluding carboxylic acids is 1. The molecule has 0 fully saturated rings. The molecule has 3 aromatic rings. The molecule has 4 nitrogen and oxygen atoms in total. The van der Waals surface area contributed by atoms with E-state index < -0.39 is 0 Å². The van der Waals surface area contributed by atoms with E-state index >= 15 is 0 Å². The van der Waals surface area contributed by atoms with Crippen LogP contribution < -0.4 is 5.32 Å². The van der Waals surface area contributed by atoms with Crippen LogP contribution in [0.1, 0.15) is 5.56 Å². The van der Waals surface area contributed by atoms with Gasteiger partial charge >= 0.3 is 0 Å². The summed E-state index contributed by atoms with van der Waals surface area (Å²) < 4.78 is 15.2. The van der Waals surface area contributed by atoms with Crippen molar-refractivity contribution in [3.05, 3.63) is 66.2 Å². The Labute approximate surface area is 114 Å². The molecular weight excluding hydrogens is 257 g/mol. The number of benzene rings is 1. The van der Waals surface area contributed by atoms with Gasteiger partial charge in [0.05, 0.1) is 11.9 Å². The van der Waals surface area contributed by atoms with Gasteiger partial charge in [-0.25, -0.2) is 8.91 Å². The van der Waals surface area contributed by atoms with Crippen LogP contribution in [-0.2, 0) is 11.2 Å². The molecular formula is C15H12FN3O. The molecule has 0 aliphatic carbocycles. The lowest BCUT2D eigenvalue weighted by Crippen LogP contribution is -2.15. The third-order valence-electron chi connectivity index (χ3n) is 2.99. The third kappa shape index (κ3) is 2.51. The number of halogens is 1. The number of hydrogen-bond acceptors (Lipinski definition) is 2. The number of hydrogen-bond donors (Lipinski definition) is 1. The Morgan fingerprint density at radius 2 is 2.10 bits per heavy atom. The molecule has 5 heteroatoms. The highest BCUT2D eigenvalue weighted by atomic mass is 19.1. The number of nitrogens with one attached hydrogen (secondary N) is 1. The minimum Gasteiger partial charge on any atom is -0.326 e. The second kappa shape index (κ2) is 5.13. The van der Waals surface area contributed by atoms with Crippen molar-refractivity contribution in [3.8, 4) is 0 Å². The van der Waals surface area contributed by atoms with Crippen molar-refractivity contribution in [3.63, 3.8) is 0 Å². The molecule has 0 bridgehead atoms. The lowest BCUT2D eigenvalue weighted by Gasteiger charge is -2.06. The normalized spacial score (nSPS) is 10.7. The van der Waals surface area contributed by atoms with Crippen LogP contribution in [-0.4, -0.2) is 15.5 Å². The van der Waals surface area contributed by atoms with Crippen LogP contribution in [0.25, 0.3) is 5.52 Å². The molecule has 0 saturated heterocycles. The molecule has 1 N–H and O–H groups in total. The zero-order valence-corrected chi connectivity index (χ0v) is 10.6. The summed E-state index contributed by atoms with van der Waals surface area (Å²) in [6.07, 6.45) is 3.45. The Bertz CT molecular complexity index is 766. The first-order valence-corrected chi connectivity index (χ1v) is 6.19. The van der Waals surface area contributed by atoms with E-state index in [0.29, 0.717) is 11.3 Å². The molecule has 0 unspecified atom stereocenters. The molecule has 0 spiro atoms. The molecule has 0 aliphatic rings. The smallest absolute Gasteiger partial charge is 0.228 e. The summed E-state index contributed by atoms with van der Waals surface area (Å²) in [5, 5.41) is 6.83. The van der Waals surface area contributed by atoms with Gasteiger partial charge < -0.3 is 5.32 Å². The molecule has 0 saturated carbocycles. The van der Waals surface area contributed by atoms with Crippen molar-refractivity contribution in [1.29, 1.82) is 0 Å². The Balaban J connectivity index is 1.74. The minimum atomic E-state index is -0.367. The highest BCUT2D eigenvalue weighted by molar-refractivity contribution is 5.92. The molecule has 1 aromatic carbocycles. The predicted octanol–water partition coefficient (Wildman–Crippen LogP) is 2.65. The van der Waals surface area contributed by atoms with Crippen LogP contribution in [0.15, 0.2) is 54.9 Å². The lowest BCUT2D eigenvalue weighted by molar-refractivity contribution is -0.115. The monoisotopic (exact) mass is 269 g/mol. The maximum atomic E-state index is 13.5. The standard InChI is InChI=1S/C15H12FN3O/c16-14-4-2-1-3-11(14)9-15(20)18-12-6-8-19-13(10-12)5-7-17-19/h1-8,10H,9H2,(H,18,20). The van der Waals surface area contributed by atoms with E-state index in [2.05, 4.69) is 10.4 Å². The Morgan fingerprint density at radius 1 is 1.25 bits per heavy atom.